The number of rotatable bonds is 5. The topological polar surface area (TPSA) is 84.7 Å². The van der Waals surface area contributed by atoms with Gasteiger partial charge in [0.25, 0.3) is 11.6 Å². The van der Waals surface area contributed by atoms with Crippen molar-refractivity contribution in [3.63, 3.8) is 0 Å². The summed E-state index contributed by atoms with van der Waals surface area (Å²) in [5, 5.41) is 14.5. The fraction of sp³-hybridized carbons (Fsp3) is 0.350. The van der Waals surface area contributed by atoms with E-state index in [0.29, 0.717) is 22.7 Å². The van der Waals surface area contributed by atoms with Crippen LogP contribution in [0.3, 0.4) is 0 Å². The smallest absolute Gasteiger partial charge is 0.294 e. The predicted octanol–water partition coefficient (Wildman–Crippen LogP) is 4.89. The normalized spacial score (nSPS) is 16.5. The van der Waals surface area contributed by atoms with Crippen molar-refractivity contribution in [2.75, 3.05) is 23.9 Å². The molecule has 0 radical (unpaired) electrons. The summed E-state index contributed by atoms with van der Waals surface area (Å²) < 4.78 is 5.14. The van der Waals surface area contributed by atoms with E-state index in [4.69, 9.17) is 16.3 Å². The van der Waals surface area contributed by atoms with Crippen molar-refractivity contribution in [1.29, 1.82) is 0 Å². The van der Waals surface area contributed by atoms with Gasteiger partial charge in [-0.2, -0.15) is 0 Å². The van der Waals surface area contributed by atoms with E-state index in [1.807, 2.05) is 11.8 Å². The third kappa shape index (κ3) is 4.20. The van der Waals surface area contributed by atoms with E-state index in [1.54, 1.807) is 30.3 Å². The summed E-state index contributed by atoms with van der Waals surface area (Å²) in [4.78, 5) is 25.8. The molecule has 0 bridgehead atoms. The fourth-order valence-electron chi connectivity index (χ4n) is 3.44. The number of benzene rings is 2. The Kier molecular flexibility index (Phi) is 6.04. The molecule has 0 saturated carbocycles. The minimum atomic E-state index is -0.434. The lowest BCUT2D eigenvalue weighted by atomic mass is 10.0. The first kappa shape index (κ1) is 19.9. The molecule has 3 rings (SSSR count). The van der Waals surface area contributed by atoms with Crippen LogP contribution in [0.25, 0.3) is 0 Å². The van der Waals surface area contributed by atoms with Crippen molar-refractivity contribution in [1.82, 2.24) is 0 Å². The Balaban J connectivity index is 1.95. The van der Waals surface area contributed by atoms with Crippen LogP contribution in [-0.4, -0.2) is 30.5 Å². The van der Waals surface area contributed by atoms with Crippen molar-refractivity contribution in [2.45, 2.75) is 32.2 Å². The summed E-state index contributed by atoms with van der Waals surface area (Å²) in [5.41, 5.74) is 1.16. The molecule has 0 aliphatic carbocycles. The molecular formula is C20H22ClN3O4. The van der Waals surface area contributed by atoms with Crippen molar-refractivity contribution in [3.05, 3.63) is 57.1 Å². The van der Waals surface area contributed by atoms with Crippen molar-refractivity contribution in [2.24, 2.45) is 0 Å². The van der Waals surface area contributed by atoms with Crippen LogP contribution in [0, 0.1) is 10.1 Å². The minimum absolute atomic E-state index is 0.0573. The summed E-state index contributed by atoms with van der Waals surface area (Å²) in [6.07, 6.45) is 3.03. The Morgan fingerprint density at radius 2 is 2.11 bits per heavy atom. The molecule has 2 aromatic rings. The number of nitrogens with one attached hydrogen (secondary N) is 1. The second-order valence-electron chi connectivity index (χ2n) is 6.80. The van der Waals surface area contributed by atoms with Gasteiger partial charge >= 0.3 is 0 Å². The van der Waals surface area contributed by atoms with Gasteiger partial charge in [-0.3, -0.25) is 14.9 Å². The third-order valence-corrected chi connectivity index (χ3v) is 5.27. The number of halogens is 1. The maximum atomic E-state index is 12.6. The summed E-state index contributed by atoms with van der Waals surface area (Å²) >= 11 is 6.25. The standard InChI is InChI=1S/C20H22ClN3O4/c1-13-6-3-4-9-23(13)18-12-17(16(21)11-19(18)24(26)27)22-20(25)14-7-5-8-15(10-14)28-2/h5,7-8,10-13H,3-4,6,9H2,1-2H3,(H,22,25)/t13-/m1/s1. The van der Waals surface area contributed by atoms with E-state index in [2.05, 4.69) is 5.32 Å². The van der Waals surface area contributed by atoms with Crippen LogP contribution in [-0.2, 0) is 0 Å². The van der Waals surface area contributed by atoms with E-state index in [9.17, 15) is 14.9 Å². The Hall–Kier alpha value is -2.80. The number of methoxy groups -OCH3 is 1. The van der Waals surface area contributed by atoms with Gasteiger partial charge in [-0.15, -0.1) is 0 Å². The van der Waals surface area contributed by atoms with E-state index in [1.165, 1.54) is 13.2 Å². The van der Waals surface area contributed by atoms with Crippen LogP contribution in [0.2, 0.25) is 5.02 Å². The predicted molar refractivity (Wildman–Crippen MR) is 110 cm³/mol. The number of carbonyl (C=O) groups is 1. The fourth-order valence-corrected chi connectivity index (χ4v) is 3.64. The van der Waals surface area contributed by atoms with E-state index in [-0.39, 0.29) is 22.7 Å². The van der Waals surface area contributed by atoms with Gasteiger partial charge in [0.1, 0.15) is 11.4 Å². The van der Waals surface area contributed by atoms with Crippen LogP contribution < -0.4 is 15.0 Å². The number of nitro groups is 1. The minimum Gasteiger partial charge on any atom is -0.497 e. The van der Waals surface area contributed by atoms with Crippen LogP contribution >= 0.6 is 11.6 Å². The first-order valence-corrected chi connectivity index (χ1v) is 9.48. The summed E-state index contributed by atoms with van der Waals surface area (Å²) in [6, 6.07) is 9.81. The highest BCUT2D eigenvalue weighted by atomic mass is 35.5. The maximum Gasteiger partial charge on any atom is 0.294 e. The van der Waals surface area contributed by atoms with Crippen LogP contribution in [0.1, 0.15) is 36.5 Å². The number of nitrogens with zero attached hydrogens (tertiary/aromatic N) is 2. The number of piperidine rings is 1. The lowest BCUT2D eigenvalue weighted by Gasteiger charge is -2.35. The highest BCUT2D eigenvalue weighted by Gasteiger charge is 2.27. The average molecular weight is 404 g/mol. The van der Waals surface area contributed by atoms with Gasteiger partial charge in [-0.05, 0) is 50.5 Å². The molecule has 1 amide bonds. The molecule has 1 aliphatic rings. The van der Waals surface area contributed by atoms with Gasteiger partial charge in [0.15, 0.2) is 0 Å². The van der Waals surface area contributed by atoms with Gasteiger partial charge in [0.2, 0.25) is 0 Å². The first-order valence-electron chi connectivity index (χ1n) is 9.10. The molecule has 28 heavy (non-hydrogen) atoms. The zero-order chi connectivity index (χ0) is 20.3. The van der Waals surface area contributed by atoms with Gasteiger partial charge in [-0.25, -0.2) is 0 Å². The first-order chi connectivity index (χ1) is 13.4. The third-order valence-electron chi connectivity index (χ3n) is 4.95. The lowest BCUT2D eigenvalue weighted by Crippen LogP contribution is -2.37. The molecule has 1 aliphatic heterocycles. The highest BCUT2D eigenvalue weighted by Crippen LogP contribution is 2.39. The zero-order valence-electron chi connectivity index (χ0n) is 15.8. The molecule has 1 atom stereocenters. The number of nitro benzene ring substituents is 1. The number of amides is 1. The van der Waals surface area contributed by atoms with Crippen molar-refractivity contribution in [3.8, 4) is 5.75 Å². The molecule has 148 valence electrons. The van der Waals surface area contributed by atoms with Crippen molar-refractivity contribution >= 4 is 34.6 Å². The molecule has 1 fully saturated rings. The lowest BCUT2D eigenvalue weighted by molar-refractivity contribution is -0.384. The molecule has 1 saturated heterocycles. The Bertz CT molecular complexity index is 903. The summed E-state index contributed by atoms with van der Waals surface area (Å²) in [5.74, 6) is 0.192. The molecule has 8 heteroatoms. The Morgan fingerprint density at radius 3 is 2.79 bits per heavy atom. The van der Waals surface area contributed by atoms with Crippen LogP contribution in [0.4, 0.5) is 17.1 Å². The van der Waals surface area contributed by atoms with E-state index >= 15 is 0 Å². The van der Waals surface area contributed by atoms with Crippen molar-refractivity contribution < 1.29 is 14.5 Å². The van der Waals surface area contributed by atoms with Gasteiger partial charge in [0, 0.05) is 24.2 Å². The van der Waals surface area contributed by atoms with Gasteiger partial charge in [-0.1, -0.05) is 17.7 Å². The SMILES string of the molecule is COc1cccc(C(=O)Nc2cc(N3CCCC[C@H]3C)c([N+](=O)[O-])cc2Cl)c1. The zero-order valence-corrected chi connectivity index (χ0v) is 16.5. The summed E-state index contributed by atoms with van der Waals surface area (Å²) in [6.45, 7) is 2.78. The molecule has 2 aromatic carbocycles. The summed E-state index contributed by atoms with van der Waals surface area (Å²) in [7, 11) is 1.52. The maximum absolute atomic E-state index is 12.6. The van der Waals surface area contributed by atoms with Gasteiger partial charge in [0.05, 0.1) is 22.7 Å². The van der Waals surface area contributed by atoms with Crippen LogP contribution in [0.15, 0.2) is 36.4 Å². The molecule has 1 N–H and O–H groups in total. The number of ether oxygens (including phenoxy) is 1. The molecule has 0 unspecified atom stereocenters. The average Bonchev–Trinajstić information content (AvgIpc) is 2.69. The second kappa shape index (κ2) is 8.48. The number of anilines is 2. The number of hydrogen-bond acceptors (Lipinski definition) is 5. The molecule has 7 nitrogen and oxygen atoms in total. The van der Waals surface area contributed by atoms with Crippen LogP contribution in [0.5, 0.6) is 5.75 Å². The van der Waals surface area contributed by atoms with Gasteiger partial charge < -0.3 is 15.0 Å². The number of hydrogen-bond donors (Lipinski definition) is 1. The van der Waals surface area contributed by atoms with E-state index < -0.39 is 4.92 Å². The largest absolute Gasteiger partial charge is 0.497 e. The highest BCUT2D eigenvalue weighted by molar-refractivity contribution is 6.34. The second-order valence-corrected chi connectivity index (χ2v) is 7.21. The Labute approximate surface area is 168 Å². The molecule has 0 aromatic heterocycles. The molecule has 1 heterocycles. The molecular weight excluding hydrogens is 382 g/mol. The Morgan fingerprint density at radius 1 is 1.32 bits per heavy atom. The molecule has 0 spiro atoms. The monoisotopic (exact) mass is 403 g/mol. The van der Waals surface area contributed by atoms with E-state index in [0.717, 1.165) is 25.8 Å². The number of carbonyl (C=O) groups excluding carboxylic acids is 1. The quantitative estimate of drug-likeness (QED) is 0.567.